The summed E-state index contributed by atoms with van der Waals surface area (Å²) in [7, 11) is 2.72. The molecule has 8 heteroatoms. The van der Waals surface area contributed by atoms with E-state index in [4.69, 9.17) is 14.2 Å². The molecule has 1 fully saturated rings. The minimum absolute atomic E-state index is 0.106. The van der Waals surface area contributed by atoms with Crippen molar-refractivity contribution in [1.29, 1.82) is 0 Å². The predicted octanol–water partition coefficient (Wildman–Crippen LogP) is 4.28. The maximum Gasteiger partial charge on any atom is 0.337 e. The van der Waals surface area contributed by atoms with Crippen molar-refractivity contribution in [2.75, 3.05) is 14.2 Å². The average molecular weight is 498 g/mol. The normalized spacial score (nSPS) is 25.0. The van der Waals surface area contributed by atoms with Gasteiger partial charge in [-0.2, -0.15) is 0 Å². The van der Waals surface area contributed by atoms with Crippen LogP contribution >= 0.6 is 0 Å². The molecule has 0 radical (unpaired) electrons. The van der Waals surface area contributed by atoms with Crippen LogP contribution in [0.2, 0.25) is 0 Å². The lowest BCUT2D eigenvalue weighted by atomic mass is 9.69. The second-order valence-corrected chi connectivity index (χ2v) is 9.99. The number of nitrogens with one attached hydrogen (secondary N) is 1. The first-order valence-corrected chi connectivity index (χ1v) is 12.7. The summed E-state index contributed by atoms with van der Waals surface area (Å²) in [6.07, 6.45) is 6.17. The topological polar surface area (TPSA) is 111 Å². The molecule has 0 unspecified atom stereocenters. The molecule has 3 aliphatic rings. The maximum absolute atomic E-state index is 13.8. The monoisotopic (exact) mass is 497 g/mol. The third kappa shape index (κ3) is 4.86. The van der Waals surface area contributed by atoms with Crippen LogP contribution in [0.1, 0.15) is 70.3 Å². The minimum atomic E-state index is -0.970. The highest BCUT2D eigenvalue weighted by molar-refractivity contribution is 6.12. The molecule has 1 aliphatic heterocycles. The molecule has 1 aromatic rings. The number of ketones is 1. The van der Waals surface area contributed by atoms with Crippen molar-refractivity contribution in [2.45, 2.75) is 70.8 Å². The third-order valence-corrected chi connectivity index (χ3v) is 7.58. The van der Waals surface area contributed by atoms with Gasteiger partial charge in [0.1, 0.15) is 12.0 Å². The largest absolute Gasteiger partial charge is 0.504 e. The van der Waals surface area contributed by atoms with Gasteiger partial charge in [0, 0.05) is 22.9 Å². The molecular weight excluding hydrogens is 462 g/mol. The molecule has 0 bridgehead atoms. The Hall–Kier alpha value is -3.29. The van der Waals surface area contributed by atoms with Crippen molar-refractivity contribution in [1.82, 2.24) is 5.32 Å². The van der Waals surface area contributed by atoms with Crippen LogP contribution in [0, 0.1) is 11.8 Å². The quantitative estimate of drug-likeness (QED) is 0.352. The van der Waals surface area contributed by atoms with Crippen LogP contribution in [-0.4, -0.2) is 43.2 Å². The third-order valence-electron chi connectivity index (χ3n) is 7.58. The number of hydrogen-bond acceptors (Lipinski definition) is 8. The number of allylic oxidation sites excluding steroid dienone is 3. The number of rotatable bonds is 5. The summed E-state index contributed by atoms with van der Waals surface area (Å²) in [6, 6.07) is 4.83. The Labute approximate surface area is 211 Å². The van der Waals surface area contributed by atoms with Crippen LogP contribution in [0.4, 0.5) is 0 Å². The Morgan fingerprint density at radius 1 is 1.08 bits per heavy atom. The predicted molar refractivity (Wildman–Crippen MR) is 132 cm³/mol. The molecule has 1 saturated carbocycles. The molecule has 1 aromatic carbocycles. The molecule has 1 heterocycles. The lowest BCUT2D eigenvalue weighted by Gasteiger charge is -2.38. The molecule has 0 saturated heterocycles. The Bertz CT molecular complexity index is 1110. The molecule has 8 nitrogen and oxygen atoms in total. The van der Waals surface area contributed by atoms with E-state index in [2.05, 4.69) is 5.32 Å². The molecular formula is C28H35NO7. The van der Waals surface area contributed by atoms with Crippen molar-refractivity contribution in [2.24, 2.45) is 11.8 Å². The molecule has 2 aliphatic carbocycles. The first kappa shape index (κ1) is 25.8. The maximum atomic E-state index is 13.8. The summed E-state index contributed by atoms with van der Waals surface area (Å²) in [5.41, 5.74) is 2.47. The van der Waals surface area contributed by atoms with Gasteiger partial charge in [-0.3, -0.25) is 9.59 Å². The summed E-state index contributed by atoms with van der Waals surface area (Å²) < 4.78 is 16.1. The number of esters is 2. The summed E-state index contributed by atoms with van der Waals surface area (Å²) >= 11 is 0. The van der Waals surface area contributed by atoms with E-state index in [0.717, 1.165) is 38.5 Å². The molecule has 194 valence electrons. The van der Waals surface area contributed by atoms with E-state index in [1.807, 2.05) is 6.92 Å². The van der Waals surface area contributed by atoms with Crippen molar-refractivity contribution in [3.8, 4) is 11.5 Å². The zero-order valence-electron chi connectivity index (χ0n) is 21.4. The Morgan fingerprint density at radius 3 is 2.39 bits per heavy atom. The van der Waals surface area contributed by atoms with E-state index in [-0.39, 0.29) is 29.3 Å². The van der Waals surface area contributed by atoms with Crippen molar-refractivity contribution in [3.05, 3.63) is 46.3 Å². The van der Waals surface area contributed by atoms with Gasteiger partial charge in [-0.25, -0.2) is 4.79 Å². The number of aromatic hydroxyl groups is 1. The van der Waals surface area contributed by atoms with Gasteiger partial charge < -0.3 is 24.6 Å². The van der Waals surface area contributed by atoms with Gasteiger partial charge in [0.2, 0.25) is 0 Å². The smallest absolute Gasteiger partial charge is 0.337 e. The fourth-order valence-electron chi connectivity index (χ4n) is 5.75. The summed E-state index contributed by atoms with van der Waals surface area (Å²) in [4.78, 5) is 40.0. The average Bonchev–Trinajstić information content (AvgIpc) is 3.11. The van der Waals surface area contributed by atoms with E-state index in [9.17, 15) is 19.5 Å². The summed E-state index contributed by atoms with van der Waals surface area (Å²) in [5.74, 6) is -3.33. The van der Waals surface area contributed by atoms with Crippen LogP contribution in [0.5, 0.6) is 11.5 Å². The van der Waals surface area contributed by atoms with Crippen molar-refractivity contribution >= 4 is 17.7 Å². The number of benzene rings is 1. The number of dihydropyridines is 1. The molecule has 2 N–H and O–H groups in total. The Balaban J connectivity index is 1.79. The number of phenols is 1. The van der Waals surface area contributed by atoms with Crippen LogP contribution in [0.3, 0.4) is 0 Å². The number of methoxy groups -OCH3 is 2. The fraction of sp³-hybridized carbons (Fsp3) is 0.536. The molecule has 3 atom stereocenters. The molecule has 0 amide bonds. The van der Waals surface area contributed by atoms with Crippen LogP contribution in [-0.2, 0) is 23.9 Å². The van der Waals surface area contributed by atoms with Gasteiger partial charge >= 0.3 is 11.9 Å². The molecule has 0 spiro atoms. The Morgan fingerprint density at radius 2 is 1.78 bits per heavy atom. The number of phenolic OH excluding ortho intramolecular Hbond substituents is 1. The second-order valence-electron chi connectivity index (χ2n) is 9.99. The van der Waals surface area contributed by atoms with Crippen LogP contribution < -0.4 is 10.1 Å². The standard InChI is InChI=1S/C28H35NO7/c1-15-13-19-25(26(31)22(15)27(32)35-4)24(17-11-12-21(34-3)20(30)14-17)23(16(2)29-19)28(33)36-18-9-7-5-6-8-10-18/h11-12,14-15,18,22,24,29-30H,5-10,13H2,1-4H3/t15-,22+,24-/m0/s1. The van der Waals surface area contributed by atoms with Crippen molar-refractivity contribution in [3.63, 3.8) is 0 Å². The molecule has 4 rings (SSSR count). The number of carbonyl (C=O) groups excluding carboxylic acids is 3. The first-order valence-electron chi connectivity index (χ1n) is 12.7. The van der Waals surface area contributed by atoms with E-state index in [1.165, 1.54) is 20.3 Å². The Kier molecular flexibility index (Phi) is 7.71. The second kappa shape index (κ2) is 10.8. The SMILES string of the molecule is COC(=O)[C@H]1C(=O)C2=C(C[C@@H]1C)NC(C)=C(C(=O)OC1CCCCCC1)[C@@H]2c1ccc(OC)c(O)c1. The van der Waals surface area contributed by atoms with Gasteiger partial charge in [-0.15, -0.1) is 0 Å². The van der Waals surface area contributed by atoms with Gasteiger partial charge in [-0.05, 0) is 62.6 Å². The minimum Gasteiger partial charge on any atom is -0.504 e. The first-order chi connectivity index (χ1) is 17.3. The summed E-state index contributed by atoms with van der Waals surface area (Å²) in [6.45, 7) is 3.64. The number of hydrogen-bond donors (Lipinski definition) is 2. The highest BCUT2D eigenvalue weighted by Crippen LogP contribution is 2.47. The zero-order valence-corrected chi connectivity index (χ0v) is 21.4. The zero-order chi connectivity index (χ0) is 26.0. The number of ether oxygens (including phenoxy) is 3. The van der Waals surface area contributed by atoms with E-state index in [1.54, 1.807) is 19.1 Å². The fourth-order valence-corrected chi connectivity index (χ4v) is 5.75. The molecule has 0 aromatic heterocycles. The number of Topliss-reactive ketones (excluding diaryl/α,β-unsaturated/α-hetero) is 1. The van der Waals surface area contributed by atoms with Crippen LogP contribution in [0.25, 0.3) is 0 Å². The molecule has 36 heavy (non-hydrogen) atoms. The highest BCUT2D eigenvalue weighted by atomic mass is 16.5. The van der Waals surface area contributed by atoms with Gasteiger partial charge in [0.05, 0.1) is 19.8 Å². The number of carbonyl (C=O) groups is 3. The van der Waals surface area contributed by atoms with Gasteiger partial charge in [-0.1, -0.05) is 25.8 Å². The lowest BCUT2D eigenvalue weighted by molar-refractivity contribution is -0.151. The van der Waals surface area contributed by atoms with Gasteiger partial charge in [0.25, 0.3) is 0 Å². The van der Waals surface area contributed by atoms with E-state index in [0.29, 0.717) is 34.5 Å². The van der Waals surface area contributed by atoms with E-state index >= 15 is 0 Å². The van der Waals surface area contributed by atoms with Crippen molar-refractivity contribution < 1.29 is 33.7 Å². The lowest BCUT2D eigenvalue weighted by Crippen LogP contribution is -2.43. The van der Waals surface area contributed by atoms with E-state index < -0.39 is 23.8 Å². The highest BCUT2D eigenvalue weighted by Gasteiger charge is 2.47. The van der Waals surface area contributed by atoms with Crippen LogP contribution in [0.15, 0.2) is 40.7 Å². The van der Waals surface area contributed by atoms with Gasteiger partial charge in [0.15, 0.2) is 17.3 Å². The summed E-state index contributed by atoms with van der Waals surface area (Å²) in [5, 5.41) is 13.8.